The Morgan fingerprint density at radius 2 is 1.57 bits per heavy atom. The van der Waals surface area contributed by atoms with Crippen LogP contribution >= 0.6 is 11.6 Å². The minimum Gasteiger partial charge on any atom is -0.326 e. The average molecular weight is 419 g/mol. The van der Waals surface area contributed by atoms with Gasteiger partial charge in [0.15, 0.2) is 0 Å². The molecule has 1 aromatic heterocycles. The molecule has 0 saturated heterocycles. The van der Waals surface area contributed by atoms with Crippen LogP contribution in [0.1, 0.15) is 18.3 Å². The molecule has 0 aliphatic carbocycles. The third-order valence-electron chi connectivity index (χ3n) is 4.02. The topological polar surface area (TPSA) is 93.1 Å². The molecule has 146 valence electrons. The van der Waals surface area contributed by atoms with Crippen molar-refractivity contribution in [3.05, 3.63) is 64.9 Å². The number of anilines is 2. The number of carbonyl (C=O) groups is 1. The van der Waals surface area contributed by atoms with E-state index in [4.69, 9.17) is 11.6 Å². The van der Waals surface area contributed by atoms with Gasteiger partial charge in [0, 0.05) is 23.3 Å². The number of nitrogens with one attached hydrogen (secondary N) is 2. The molecule has 7 nitrogen and oxygen atoms in total. The van der Waals surface area contributed by atoms with Crippen molar-refractivity contribution in [3.63, 3.8) is 0 Å². The summed E-state index contributed by atoms with van der Waals surface area (Å²) < 4.78 is 30.0. The van der Waals surface area contributed by atoms with Gasteiger partial charge in [-0.1, -0.05) is 11.6 Å². The number of hydrogen-bond acceptors (Lipinski definition) is 4. The summed E-state index contributed by atoms with van der Waals surface area (Å²) in [6.45, 7) is 4.75. The van der Waals surface area contributed by atoms with E-state index in [0.29, 0.717) is 33.5 Å². The molecule has 3 aromatic rings. The second-order valence-electron chi connectivity index (χ2n) is 6.25. The maximum atomic E-state index is 12.9. The SMILES string of the molecule is CC(=O)Nc1ccc(NS(=O)(=O)c2c(C)nn(-c3ccc(Cl)cc3)c2C)cc1. The van der Waals surface area contributed by atoms with Crippen LogP contribution in [0.4, 0.5) is 11.4 Å². The van der Waals surface area contributed by atoms with Crippen molar-refractivity contribution in [1.82, 2.24) is 9.78 Å². The third kappa shape index (κ3) is 4.18. The van der Waals surface area contributed by atoms with Crippen LogP contribution in [0, 0.1) is 13.8 Å². The summed E-state index contributed by atoms with van der Waals surface area (Å²) in [5.74, 6) is -0.200. The quantitative estimate of drug-likeness (QED) is 0.657. The van der Waals surface area contributed by atoms with E-state index in [1.54, 1.807) is 67.1 Å². The number of halogens is 1. The summed E-state index contributed by atoms with van der Waals surface area (Å²) in [4.78, 5) is 11.2. The van der Waals surface area contributed by atoms with E-state index in [1.807, 2.05) is 0 Å². The highest BCUT2D eigenvalue weighted by molar-refractivity contribution is 7.92. The third-order valence-corrected chi connectivity index (χ3v) is 5.91. The summed E-state index contributed by atoms with van der Waals surface area (Å²) in [5.41, 5.74) is 2.55. The van der Waals surface area contributed by atoms with Gasteiger partial charge >= 0.3 is 0 Å². The Kier molecular flexibility index (Phi) is 5.44. The monoisotopic (exact) mass is 418 g/mol. The number of aryl methyl sites for hydroxylation is 1. The molecule has 1 heterocycles. The zero-order chi connectivity index (χ0) is 20.5. The fourth-order valence-electron chi connectivity index (χ4n) is 2.88. The van der Waals surface area contributed by atoms with Gasteiger partial charge in [0.1, 0.15) is 4.90 Å². The Morgan fingerprint density at radius 1 is 1.00 bits per heavy atom. The largest absolute Gasteiger partial charge is 0.326 e. The van der Waals surface area contributed by atoms with Crippen molar-refractivity contribution in [1.29, 1.82) is 0 Å². The number of amides is 1. The Bertz CT molecular complexity index is 1120. The van der Waals surface area contributed by atoms with Crippen molar-refractivity contribution in [3.8, 4) is 5.69 Å². The Morgan fingerprint density at radius 3 is 2.14 bits per heavy atom. The molecule has 0 radical (unpaired) electrons. The number of sulfonamides is 1. The molecule has 1 amide bonds. The molecule has 2 N–H and O–H groups in total. The summed E-state index contributed by atoms with van der Waals surface area (Å²) >= 11 is 5.92. The molecule has 0 unspecified atom stereocenters. The second kappa shape index (κ2) is 7.65. The van der Waals surface area contributed by atoms with Gasteiger partial charge in [-0.25, -0.2) is 13.1 Å². The van der Waals surface area contributed by atoms with Gasteiger partial charge in [-0.15, -0.1) is 0 Å². The molecule has 0 atom stereocenters. The van der Waals surface area contributed by atoms with Crippen molar-refractivity contribution >= 4 is 38.9 Å². The molecule has 0 aliphatic heterocycles. The molecule has 0 bridgehead atoms. The van der Waals surface area contributed by atoms with Crippen LogP contribution in [0.15, 0.2) is 53.4 Å². The van der Waals surface area contributed by atoms with E-state index in [1.165, 1.54) is 6.92 Å². The first-order chi connectivity index (χ1) is 13.2. The molecule has 0 saturated carbocycles. The number of carbonyl (C=O) groups excluding carboxylic acids is 1. The van der Waals surface area contributed by atoms with Crippen LogP contribution in [0.3, 0.4) is 0 Å². The number of nitrogens with zero attached hydrogens (tertiary/aromatic N) is 2. The number of hydrogen-bond donors (Lipinski definition) is 2. The van der Waals surface area contributed by atoms with Gasteiger partial charge in [0.25, 0.3) is 10.0 Å². The molecule has 2 aromatic carbocycles. The summed E-state index contributed by atoms with van der Waals surface area (Å²) in [6, 6.07) is 13.4. The zero-order valence-electron chi connectivity index (χ0n) is 15.5. The minimum atomic E-state index is -3.85. The van der Waals surface area contributed by atoms with Gasteiger partial charge in [-0.2, -0.15) is 5.10 Å². The summed E-state index contributed by atoms with van der Waals surface area (Å²) in [5, 5.41) is 7.59. The average Bonchev–Trinajstić information content (AvgIpc) is 2.92. The summed E-state index contributed by atoms with van der Waals surface area (Å²) in [6.07, 6.45) is 0. The molecule has 28 heavy (non-hydrogen) atoms. The van der Waals surface area contributed by atoms with E-state index in [0.717, 1.165) is 0 Å². The lowest BCUT2D eigenvalue weighted by atomic mass is 10.3. The Hall–Kier alpha value is -2.84. The smallest absolute Gasteiger partial charge is 0.265 e. The van der Waals surface area contributed by atoms with Gasteiger partial charge in [-0.3, -0.25) is 9.52 Å². The van der Waals surface area contributed by atoms with Crippen molar-refractivity contribution in [2.24, 2.45) is 0 Å². The van der Waals surface area contributed by atoms with Crippen LogP contribution in [0.25, 0.3) is 5.69 Å². The van der Waals surface area contributed by atoms with Crippen molar-refractivity contribution in [2.75, 3.05) is 10.0 Å². The Balaban J connectivity index is 1.91. The second-order valence-corrected chi connectivity index (χ2v) is 8.31. The van der Waals surface area contributed by atoms with Crippen LogP contribution in [0.2, 0.25) is 5.02 Å². The standard InChI is InChI=1S/C19H19ClN4O3S/c1-12-19(13(2)24(22-12)18-10-4-15(20)5-11-18)28(26,27)23-17-8-6-16(7-9-17)21-14(3)25/h4-11,23H,1-3H3,(H,21,25). The van der Waals surface area contributed by atoms with Crippen molar-refractivity contribution < 1.29 is 13.2 Å². The summed E-state index contributed by atoms with van der Waals surface area (Å²) in [7, 11) is -3.85. The van der Waals surface area contributed by atoms with E-state index in [9.17, 15) is 13.2 Å². The van der Waals surface area contributed by atoms with Gasteiger partial charge in [-0.05, 0) is 62.4 Å². The van der Waals surface area contributed by atoms with Crippen LogP contribution < -0.4 is 10.0 Å². The first-order valence-electron chi connectivity index (χ1n) is 8.40. The highest BCUT2D eigenvalue weighted by atomic mass is 35.5. The van der Waals surface area contributed by atoms with Gasteiger partial charge < -0.3 is 5.32 Å². The molecule has 0 spiro atoms. The normalized spacial score (nSPS) is 11.3. The predicted molar refractivity (Wildman–Crippen MR) is 110 cm³/mol. The Labute approximate surface area is 168 Å². The first kappa shape index (κ1) is 19.9. The number of aromatic nitrogens is 2. The predicted octanol–water partition coefficient (Wildman–Crippen LogP) is 3.90. The molecule has 9 heteroatoms. The maximum absolute atomic E-state index is 12.9. The van der Waals surface area contributed by atoms with E-state index in [-0.39, 0.29) is 10.8 Å². The zero-order valence-corrected chi connectivity index (χ0v) is 17.1. The molecule has 0 fully saturated rings. The molecular weight excluding hydrogens is 400 g/mol. The maximum Gasteiger partial charge on any atom is 0.265 e. The van der Waals surface area contributed by atoms with E-state index < -0.39 is 10.0 Å². The molecule has 0 aliphatic rings. The fourth-order valence-corrected chi connectivity index (χ4v) is 4.46. The van der Waals surface area contributed by atoms with Crippen LogP contribution in [-0.2, 0) is 14.8 Å². The lowest BCUT2D eigenvalue weighted by Gasteiger charge is -2.10. The van der Waals surface area contributed by atoms with Crippen molar-refractivity contribution in [2.45, 2.75) is 25.7 Å². The van der Waals surface area contributed by atoms with E-state index in [2.05, 4.69) is 15.1 Å². The highest BCUT2D eigenvalue weighted by Gasteiger charge is 2.25. The van der Waals surface area contributed by atoms with Crippen LogP contribution in [-0.4, -0.2) is 24.1 Å². The van der Waals surface area contributed by atoms with Gasteiger partial charge in [0.2, 0.25) is 5.91 Å². The lowest BCUT2D eigenvalue weighted by Crippen LogP contribution is -2.15. The van der Waals surface area contributed by atoms with E-state index >= 15 is 0 Å². The highest BCUT2D eigenvalue weighted by Crippen LogP contribution is 2.26. The molecule has 3 rings (SSSR count). The fraction of sp³-hybridized carbons (Fsp3) is 0.158. The lowest BCUT2D eigenvalue weighted by molar-refractivity contribution is -0.114. The number of benzene rings is 2. The number of rotatable bonds is 5. The van der Waals surface area contributed by atoms with Crippen LogP contribution in [0.5, 0.6) is 0 Å². The molecular formula is C19H19ClN4O3S. The van der Waals surface area contributed by atoms with Gasteiger partial charge in [0.05, 0.1) is 17.1 Å². The minimum absolute atomic E-state index is 0.119. The first-order valence-corrected chi connectivity index (χ1v) is 10.3.